The second-order valence-electron chi connectivity index (χ2n) is 3.69. The third-order valence-corrected chi connectivity index (χ3v) is 2.72. The molecule has 0 spiro atoms. The highest BCUT2D eigenvalue weighted by molar-refractivity contribution is 9.10. The van der Waals surface area contributed by atoms with Gasteiger partial charge >= 0.3 is 0 Å². The quantitative estimate of drug-likeness (QED) is 0.800. The molecule has 0 saturated heterocycles. The minimum absolute atomic E-state index is 0.00343. The maximum absolute atomic E-state index is 11.8. The average molecular weight is 279 g/mol. The first-order valence-corrected chi connectivity index (χ1v) is 5.78. The van der Waals surface area contributed by atoms with Gasteiger partial charge in [-0.05, 0) is 40.5 Å². The summed E-state index contributed by atoms with van der Waals surface area (Å²) in [6, 6.07) is 11.3. The SMILES string of the molecule is Cc1cccc(CC(=O)c2ccc(Br)o2)c1. The van der Waals surface area contributed by atoms with Crippen molar-refractivity contribution >= 4 is 21.7 Å². The number of aryl methyl sites for hydroxylation is 1. The Morgan fingerprint density at radius 3 is 2.75 bits per heavy atom. The lowest BCUT2D eigenvalue weighted by Gasteiger charge is -2.00. The summed E-state index contributed by atoms with van der Waals surface area (Å²) < 4.78 is 5.80. The van der Waals surface area contributed by atoms with Crippen LogP contribution in [0.3, 0.4) is 0 Å². The van der Waals surface area contributed by atoms with Gasteiger partial charge in [-0.3, -0.25) is 4.79 Å². The summed E-state index contributed by atoms with van der Waals surface area (Å²) in [5.74, 6) is 0.393. The molecule has 0 fully saturated rings. The molecule has 2 aromatic rings. The maximum atomic E-state index is 11.8. The molecule has 1 heterocycles. The third-order valence-electron chi connectivity index (χ3n) is 2.30. The molecule has 3 heteroatoms. The number of rotatable bonds is 3. The molecule has 2 rings (SSSR count). The highest BCUT2D eigenvalue weighted by Crippen LogP contribution is 2.16. The predicted molar refractivity (Wildman–Crippen MR) is 65.6 cm³/mol. The van der Waals surface area contributed by atoms with Crippen LogP contribution in [0.15, 0.2) is 45.5 Å². The van der Waals surface area contributed by atoms with Gasteiger partial charge in [0, 0.05) is 6.42 Å². The zero-order chi connectivity index (χ0) is 11.5. The highest BCUT2D eigenvalue weighted by Gasteiger charge is 2.11. The smallest absolute Gasteiger partial charge is 0.202 e. The normalized spacial score (nSPS) is 10.4. The fraction of sp³-hybridized carbons (Fsp3) is 0.154. The topological polar surface area (TPSA) is 30.2 Å². The minimum Gasteiger partial charge on any atom is -0.446 e. The number of carbonyl (C=O) groups excluding carboxylic acids is 1. The Morgan fingerprint density at radius 1 is 1.31 bits per heavy atom. The van der Waals surface area contributed by atoms with Crippen molar-refractivity contribution in [1.82, 2.24) is 0 Å². The molecule has 0 N–H and O–H groups in total. The van der Waals surface area contributed by atoms with Crippen molar-refractivity contribution in [3.63, 3.8) is 0 Å². The largest absolute Gasteiger partial charge is 0.446 e. The molecular weight excluding hydrogens is 268 g/mol. The van der Waals surface area contributed by atoms with Crippen LogP contribution in [0.25, 0.3) is 0 Å². The molecule has 0 unspecified atom stereocenters. The number of ketones is 1. The van der Waals surface area contributed by atoms with E-state index in [1.165, 1.54) is 0 Å². The van der Waals surface area contributed by atoms with Gasteiger partial charge in [0.2, 0.25) is 5.78 Å². The van der Waals surface area contributed by atoms with Crippen molar-refractivity contribution in [1.29, 1.82) is 0 Å². The molecule has 0 saturated carbocycles. The van der Waals surface area contributed by atoms with E-state index >= 15 is 0 Å². The molecule has 0 aliphatic carbocycles. The Morgan fingerprint density at radius 2 is 2.12 bits per heavy atom. The molecule has 1 aromatic carbocycles. The second-order valence-corrected chi connectivity index (χ2v) is 4.47. The Kier molecular flexibility index (Phi) is 3.25. The zero-order valence-electron chi connectivity index (χ0n) is 8.87. The van der Waals surface area contributed by atoms with E-state index in [-0.39, 0.29) is 5.78 Å². The van der Waals surface area contributed by atoms with E-state index in [2.05, 4.69) is 15.9 Å². The van der Waals surface area contributed by atoms with E-state index in [4.69, 9.17) is 4.42 Å². The Labute approximate surface area is 102 Å². The molecule has 0 radical (unpaired) electrons. The van der Waals surface area contributed by atoms with Crippen LogP contribution in [0.1, 0.15) is 21.7 Å². The maximum Gasteiger partial charge on any atom is 0.202 e. The molecule has 1 aromatic heterocycles. The Bertz CT molecular complexity index is 514. The van der Waals surface area contributed by atoms with Crippen LogP contribution in [0.2, 0.25) is 0 Å². The van der Waals surface area contributed by atoms with Gasteiger partial charge in [-0.2, -0.15) is 0 Å². The lowest BCUT2D eigenvalue weighted by Crippen LogP contribution is -2.01. The van der Waals surface area contributed by atoms with Gasteiger partial charge in [-0.1, -0.05) is 29.8 Å². The summed E-state index contributed by atoms with van der Waals surface area (Å²) in [5, 5.41) is 0. The predicted octanol–water partition coefficient (Wildman–Crippen LogP) is 3.78. The van der Waals surface area contributed by atoms with Gasteiger partial charge in [0.05, 0.1) is 0 Å². The third kappa shape index (κ3) is 2.61. The van der Waals surface area contributed by atoms with E-state index in [1.54, 1.807) is 12.1 Å². The van der Waals surface area contributed by atoms with Gasteiger partial charge in [0.1, 0.15) is 0 Å². The van der Waals surface area contributed by atoms with Gasteiger partial charge in [0.25, 0.3) is 0 Å². The van der Waals surface area contributed by atoms with Crippen molar-refractivity contribution in [3.8, 4) is 0 Å². The van der Waals surface area contributed by atoms with Gasteiger partial charge in [-0.25, -0.2) is 0 Å². The molecular formula is C13H11BrO2. The molecule has 0 aliphatic rings. The van der Waals surface area contributed by atoms with Crippen molar-refractivity contribution in [3.05, 3.63) is 58.0 Å². The number of benzene rings is 1. The van der Waals surface area contributed by atoms with Gasteiger partial charge in [0.15, 0.2) is 10.4 Å². The van der Waals surface area contributed by atoms with Crippen LogP contribution < -0.4 is 0 Å². The number of Topliss-reactive ketones (excluding diaryl/α,β-unsaturated/α-hetero) is 1. The number of furan rings is 1. The van der Waals surface area contributed by atoms with Crippen LogP contribution in [0.4, 0.5) is 0 Å². The molecule has 16 heavy (non-hydrogen) atoms. The van der Waals surface area contributed by atoms with E-state index in [0.717, 1.165) is 11.1 Å². The number of carbonyl (C=O) groups is 1. The fourth-order valence-corrected chi connectivity index (χ4v) is 1.87. The van der Waals surface area contributed by atoms with Gasteiger partial charge in [-0.15, -0.1) is 0 Å². The summed E-state index contributed by atoms with van der Waals surface area (Å²) in [7, 11) is 0. The summed E-state index contributed by atoms with van der Waals surface area (Å²) in [6.07, 6.45) is 0.377. The molecule has 0 amide bonds. The first-order chi connectivity index (χ1) is 7.65. The molecule has 0 aliphatic heterocycles. The Balaban J connectivity index is 2.13. The van der Waals surface area contributed by atoms with Gasteiger partial charge < -0.3 is 4.42 Å². The lowest BCUT2D eigenvalue weighted by molar-refractivity contribution is 0.0965. The second kappa shape index (κ2) is 4.66. The fourth-order valence-electron chi connectivity index (χ4n) is 1.56. The summed E-state index contributed by atoms with van der Waals surface area (Å²) >= 11 is 3.18. The first-order valence-electron chi connectivity index (χ1n) is 4.99. The van der Waals surface area contributed by atoms with E-state index < -0.39 is 0 Å². The molecule has 0 atom stereocenters. The van der Waals surface area contributed by atoms with Crippen LogP contribution >= 0.6 is 15.9 Å². The average Bonchev–Trinajstić information content (AvgIpc) is 2.65. The molecule has 82 valence electrons. The summed E-state index contributed by atoms with van der Waals surface area (Å²) in [5.41, 5.74) is 2.17. The number of hydrogen-bond acceptors (Lipinski definition) is 2. The number of halogens is 1. The van der Waals surface area contributed by atoms with Crippen LogP contribution in [-0.4, -0.2) is 5.78 Å². The first kappa shape index (κ1) is 11.1. The van der Waals surface area contributed by atoms with E-state index in [1.807, 2.05) is 31.2 Å². The van der Waals surface area contributed by atoms with Crippen LogP contribution in [0.5, 0.6) is 0 Å². The lowest BCUT2D eigenvalue weighted by atomic mass is 10.1. The van der Waals surface area contributed by atoms with E-state index in [0.29, 0.717) is 16.9 Å². The van der Waals surface area contributed by atoms with Crippen molar-refractivity contribution in [2.75, 3.05) is 0 Å². The molecule has 2 nitrogen and oxygen atoms in total. The number of hydrogen-bond donors (Lipinski definition) is 0. The highest BCUT2D eigenvalue weighted by atomic mass is 79.9. The van der Waals surface area contributed by atoms with Crippen LogP contribution in [0, 0.1) is 6.92 Å². The summed E-state index contributed by atoms with van der Waals surface area (Å²) in [4.78, 5) is 11.8. The van der Waals surface area contributed by atoms with E-state index in [9.17, 15) is 4.79 Å². The van der Waals surface area contributed by atoms with Crippen LogP contribution in [-0.2, 0) is 6.42 Å². The zero-order valence-corrected chi connectivity index (χ0v) is 10.5. The van der Waals surface area contributed by atoms with Crippen molar-refractivity contribution < 1.29 is 9.21 Å². The minimum atomic E-state index is -0.00343. The standard InChI is InChI=1S/C13H11BrO2/c1-9-3-2-4-10(7-9)8-11(15)12-5-6-13(14)16-12/h2-7H,8H2,1H3. The van der Waals surface area contributed by atoms with Crippen molar-refractivity contribution in [2.45, 2.75) is 13.3 Å². The summed E-state index contributed by atoms with van der Waals surface area (Å²) in [6.45, 7) is 2.01. The molecule has 0 bridgehead atoms. The Hall–Kier alpha value is -1.35. The van der Waals surface area contributed by atoms with Crippen molar-refractivity contribution in [2.24, 2.45) is 0 Å². The monoisotopic (exact) mass is 278 g/mol.